The zero-order valence-corrected chi connectivity index (χ0v) is 18.8. The first-order valence-corrected chi connectivity index (χ1v) is 11.6. The highest BCUT2D eigenvalue weighted by atomic mass is 35.5. The van der Waals surface area contributed by atoms with E-state index >= 15 is 0 Å². The Hall–Kier alpha value is -2.91. The first-order valence-electron chi connectivity index (χ1n) is 11.2. The summed E-state index contributed by atoms with van der Waals surface area (Å²) in [4.78, 5) is 30.8. The van der Waals surface area contributed by atoms with Crippen molar-refractivity contribution < 1.29 is 13.9 Å². The number of nitrogens with zero attached hydrogens (tertiary/aromatic N) is 5. The molecule has 2 amide bonds. The van der Waals surface area contributed by atoms with Crippen LogP contribution in [0.5, 0.6) is 0 Å². The van der Waals surface area contributed by atoms with Gasteiger partial charge in [-0.3, -0.25) is 0 Å². The molecule has 10 heteroatoms. The summed E-state index contributed by atoms with van der Waals surface area (Å²) in [5, 5.41) is 1.31. The van der Waals surface area contributed by atoms with Gasteiger partial charge in [-0.1, -0.05) is 11.6 Å². The summed E-state index contributed by atoms with van der Waals surface area (Å²) in [7, 11) is 0. The highest BCUT2D eigenvalue weighted by molar-refractivity contribution is 6.36. The third-order valence-corrected chi connectivity index (χ3v) is 7.51. The third-order valence-electron chi connectivity index (χ3n) is 7.21. The number of aromatic nitrogens is 3. The highest BCUT2D eigenvalue weighted by Gasteiger charge is 2.47. The zero-order valence-electron chi connectivity index (χ0n) is 18.1. The van der Waals surface area contributed by atoms with Gasteiger partial charge in [0.25, 0.3) is 0 Å². The molecule has 3 aliphatic rings. The Bertz CT molecular complexity index is 1220. The van der Waals surface area contributed by atoms with E-state index in [2.05, 4.69) is 19.9 Å². The number of likely N-dealkylation sites (tertiary alicyclic amines) is 1. The molecule has 1 aromatic carbocycles. The molecule has 3 aliphatic heterocycles. The van der Waals surface area contributed by atoms with Gasteiger partial charge in [-0.25, -0.2) is 19.2 Å². The van der Waals surface area contributed by atoms with E-state index in [1.54, 1.807) is 12.3 Å². The second kappa shape index (κ2) is 7.85. The van der Waals surface area contributed by atoms with Crippen LogP contribution in [0.25, 0.3) is 11.0 Å². The maximum Gasteiger partial charge on any atom is 0.320 e. The topological polar surface area (TPSA) is 77.6 Å². The van der Waals surface area contributed by atoms with E-state index < -0.39 is 0 Å². The minimum absolute atomic E-state index is 0.0686. The van der Waals surface area contributed by atoms with E-state index in [9.17, 15) is 9.18 Å². The van der Waals surface area contributed by atoms with Crippen LogP contribution in [0.1, 0.15) is 18.4 Å². The minimum Gasteiger partial charge on any atom is -0.378 e. The summed E-state index contributed by atoms with van der Waals surface area (Å²) < 4.78 is 19.8. The van der Waals surface area contributed by atoms with Crippen LogP contribution in [0.3, 0.4) is 0 Å². The summed E-state index contributed by atoms with van der Waals surface area (Å²) in [6.45, 7) is 4.33. The second-order valence-corrected chi connectivity index (χ2v) is 9.36. The maximum absolute atomic E-state index is 14.4. The van der Waals surface area contributed by atoms with E-state index in [0.717, 1.165) is 29.5 Å². The fourth-order valence-corrected chi connectivity index (χ4v) is 5.68. The average Bonchev–Trinajstić information content (AvgIpc) is 3.38. The molecular formula is C23H24ClFN6O2. The number of hydrogen-bond acceptors (Lipinski definition) is 5. The van der Waals surface area contributed by atoms with Crippen molar-refractivity contribution in [2.45, 2.75) is 18.3 Å². The van der Waals surface area contributed by atoms with Gasteiger partial charge in [0.1, 0.15) is 23.6 Å². The molecule has 0 unspecified atom stereocenters. The van der Waals surface area contributed by atoms with E-state index in [1.165, 1.54) is 12.4 Å². The number of anilines is 2. The van der Waals surface area contributed by atoms with E-state index in [4.69, 9.17) is 16.3 Å². The standard InChI is InChI=1S/C23H24ClFN6O2/c24-17-12-26-20-19(17)21(28-14-27-20)31-13-23(16-11-15(25)1-2-18(16)31)3-5-29(6-4-23)22(32)30-7-9-33-10-8-30/h1-2,11-12,14H,3-10,13H2,(H,26,27,28). The summed E-state index contributed by atoms with van der Waals surface area (Å²) in [5.41, 5.74) is 2.31. The van der Waals surface area contributed by atoms with Crippen molar-refractivity contribution in [3.8, 4) is 0 Å². The monoisotopic (exact) mass is 470 g/mol. The average molecular weight is 471 g/mol. The quantitative estimate of drug-likeness (QED) is 0.587. The first-order chi connectivity index (χ1) is 16.1. The molecular weight excluding hydrogens is 447 g/mol. The van der Waals surface area contributed by atoms with E-state index in [1.807, 2.05) is 15.9 Å². The molecule has 1 spiro atoms. The van der Waals surface area contributed by atoms with Crippen molar-refractivity contribution in [3.63, 3.8) is 0 Å². The van der Waals surface area contributed by atoms with Crippen molar-refractivity contribution >= 4 is 40.2 Å². The van der Waals surface area contributed by atoms with Gasteiger partial charge in [-0.15, -0.1) is 0 Å². The molecule has 2 aromatic heterocycles. The molecule has 3 aromatic rings. The predicted octanol–water partition coefficient (Wildman–Crippen LogP) is 3.69. The Morgan fingerprint density at radius 1 is 1.12 bits per heavy atom. The van der Waals surface area contributed by atoms with Gasteiger partial charge >= 0.3 is 6.03 Å². The molecule has 0 atom stereocenters. The van der Waals surface area contributed by atoms with Crippen molar-refractivity contribution in [1.82, 2.24) is 24.8 Å². The molecule has 0 radical (unpaired) electrons. The number of carbonyl (C=O) groups excluding carboxylic acids is 1. The Morgan fingerprint density at radius 2 is 1.88 bits per heavy atom. The number of rotatable bonds is 1. The number of amides is 2. The molecule has 0 saturated carbocycles. The van der Waals surface area contributed by atoms with Crippen molar-refractivity contribution in [2.24, 2.45) is 0 Å². The third kappa shape index (κ3) is 3.33. The van der Waals surface area contributed by atoms with Crippen molar-refractivity contribution in [1.29, 1.82) is 0 Å². The number of ether oxygens (including phenoxy) is 1. The molecule has 2 saturated heterocycles. The second-order valence-electron chi connectivity index (χ2n) is 8.95. The summed E-state index contributed by atoms with van der Waals surface area (Å²) in [6.07, 6.45) is 4.73. The molecule has 0 bridgehead atoms. The van der Waals surface area contributed by atoms with Crippen molar-refractivity contribution in [2.75, 3.05) is 50.8 Å². The number of hydrogen-bond donors (Lipinski definition) is 1. The first kappa shape index (κ1) is 20.7. The van der Waals surface area contributed by atoms with Gasteiger partial charge in [0.2, 0.25) is 0 Å². The number of benzene rings is 1. The number of morpholine rings is 1. The zero-order chi connectivity index (χ0) is 22.6. The van der Waals surface area contributed by atoms with Crippen LogP contribution < -0.4 is 4.90 Å². The van der Waals surface area contributed by atoms with Gasteiger partial charge in [0.05, 0.1) is 23.6 Å². The van der Waals surface area contributed by atoms with E-state index in [-0.39, 0.29) is 17.3 Å². The lowest BCUT2D eigenvalue weighted by Gasteiger charge is -2.42. The highest BCUT2D eigenvalue weighted by Crippen LogP contribution is 2.50. The molecule has 6 rings (SSSR count). The Labute approximate surface area is 195 Å². The number of nitrogens with one attached hydrogen (secondary N) is 1. The molecule has 5 heterocycles. The summed E-state index contributed by atoms with van der Waals surface area (Å²) in [5.74, 6) is 0.456. The van der Waals surface area contributed by atoms with Crippen LogP contribution in [0.4, 0.5) is 20.7 Å². The molecule has 33 heavy (non-hydrogen) atoms. The van der Waals surface area contributed by atoms with Crippen LogP contribution in [0.15, 0.2) is 30.7 Å². The minimum atomic E-state index is -0.265. The lowest BCUT2D eigenvalue weighted by atomic mass is 9.74. The van der Waals surface area contributed by atoms with Crippen LogP contribution in [-0.2, 0) is 10.2 Å². The Kier molecular flexibility index (Phi) is 4.92. The van der Waals surface area contributed by atoms with Gasteiger partial charge < -0.3 is 24.4 Å². The smallest absolute Gasteiger partial charge is 0.320 e. The Morgan fingerprint density at radius 3 is 2.67 bits per heavy atom. The fraction of sp³-hybridized carbons (Fsp3) is 0.435. The number of piperidine rings is 1. The van der Waals surface area contributed by atoms with Crippen LogP contribution >= 0.6 is 11.6 Å². The molecule has 0 aliphatic carbocycles. The Balaban J connectivity index is 1.32. The summed E-state index contributed by atoms with van der Waals surface area (Å²) >= 11 is 6.46. The van der Waals surface area contributed by atoms with Crippen molar-refractivity contribution in [3.05, 3.63) is 47.1 Å². The number of carbonyl (C=O) groups is 1. The van der Waals surface area contributed by atoms with E-state index in [0.29, 0.717) is 62.4 Å². The molecule has 2 fully saturated rings. The lowest BCUT2D eigenvalue weighted by Crippen LogP contribution is -2.53. The number of H-pyrrole nitrogens is 1. The van der Waals surface area contributed by atoms with Gasteiger partial charge in [-0.05, 0) is 36.6 Å². The molecule has 1 N–H and O–H groups in total. The van der Waals surface area contributed by atoms with Crippen LogP contribution in [-0.4, -0.2) is 76.7 Å². The van der Waals surface area contributed by atoms with Gasteiger partial charge in [0.15, 0.2) is 0 Å². The SMILES string of the molecule is O=C(N1CCOCC1)N1CCC2(CC1)CN(c1ncnc3[nH]cc(Cl)c13)c1ccc(F)cc12. The molecule has 8 nitrogen and oxygen atoms in total. The van der Waals surface area contributed by atoms with Gasteiger partial charge in [0, 0.05) is 50.0 Å². The fourth-order valence-electron chi connectivity index (χ4n) is 5.45. The lowest BCUT2D eigenvalue weighted by molar-refractivity contribution is 0.0393. The normalized spacial score (nSPS) is 20.0. The molecule has 172 valence electrons. The van der Waals surface area contributed by atoms with Crippen LogP contribution in [0.2, 0.25) is 5.02 Å². The predicted molar refractivity (Wildman–Crippen MR) is 123 cm³/mol. The largest absolute Gasteiger partial charge is 0.378 e. The summed E-state index contributed by atoms with van der Waals surface area (Å²) in [6, 6.07) is 5.02. The maximum atomic E-state index is 14.4. The number of urea groups is 1. The van der Waals surface area contributed by atoms with Gasteiger partial charge in [-0.2, -0.15) is 0 Å². The number of fused-ring (bicyclic) bond motifs is 3. The van der Waals surface area contributed by atoms with Crippen LogP contribution in [0, 0.1) is 5.82 Å². The number of halogens is 2. The number of aromatic amines is 1.